The molecule has 0 bridgehead atoms. The van der Waals surface area contributed by atoms with Crippen LogP contribution in [0, 0.1) is 0 Å². The van der Waals surface area contributed by atoms with E-state index in [9.17, 15) is 0 Å². The summed E-state index contributed by atoms with van der Waals surface area (Å²) in [5, 5.41) is 3.55. The monoisotopic (exact) mass is 317 g/mol. The number of nitrogens with zero attached hydrogens (tertiary/aromatic N) is 2. The topological polar surface area (TPSA) is 37.8 Å². The van der Waals surface area contributed by atoms with E-state index in [4.69, 9.17) is 0 Å². The molecule has 1 aliphatic rings. The van der Waals surface area contributed by atoms with Crippen molar-refractivity contribution in [2.24, 2.45) is 0 Å². The van der Waals surface area contributed by atoms with Crippen molar-refractivity contribution >= 4 is 15.9 Å². The van der Waals surface area contributed by atoms with Gasteiger partial charge in [-0.05, 0) is 36.5 Å². The van der Waals surface area contributed by atoms with E-state index in [1.807, 2.05) is 6.07 Å². The Morgan fingerprint density at radius 3 is 2.79 bits per heavy atom. The van der Waals surface area contributed by atoms with Gasteiger partial charge in [-0.15, -0.1) is 0 Å². The van der Waals surface area contributed by atoms with Gasteiger partial charge in [-0.2, -0.15) is 0 Å². The Morgan fingerprint density at radius 2 is 2.05 bits per heavy atom. The molecule has 1 aromatic carbocycles. The largest absolute Gasteiger partial charge is 0.308 e. The molecule has 98 valence electrons. The Kier molecular flexibility index (Phi) is 3.89. The molecule has 1 aliphatic carbocycles. The Bertz CT molecular complexity index is 538. The summed E-state index contributed by atoms with van der Waals surface area (Å²) in [4.78, 5) is 8.14. The number of hydrogen-bond donors (Lipinski definition) is 1. The van der Waals surface area contributed by atoms with Crippen LogP contribution in [0.1, 0.15) is 30.0 Å². The van der Waals surface area contributed by atoms with Crippen LogP contribution in [0.4, 0.5) is 0 Å². The molecule has 0 aliphatic heterocycles. The van der Waals surface area contributed by atoms with Gasteiger partial charge in [0.2, 0.25) is 0 Å². The zero-order chi connectivity index (χ0) is 13.1. The molecule has 0 spiro atoms. The Labute approximate surface area is 121 Å². The summed E-state index contributed by atoms with van der Waals surface area (Å²) in [6.45, 7) is 0.829. The molecule has 3 rings (SSSR count). The van der Waals surface area contributed by atoms with Crippen molar-refractivity contribution in [1.29, 1.82) is 0 Å². The lowest BCUT2D eigenvalue weighted by Crippen LogP contribution is -2.39. The number of aromatic nitrogens is 2. The zero-order valence-electron chi connectivity index (χ0n) is 10.6. The standard InChI is InChI=1S/C15H16BrN3/c16-15-4-2-1-3-14(15)11-7-13(8-11)18-9-12-5-6-17-10-19-12/h1-6,10-11,13,18H,7-9H2. The fourth-order valence-electron chi connectivity index (χ4n) is 2.52. The first kappa shape index (κ1) is 12.8. The number of benzene rings is 1. The molecule has 1 fully saturated rings. The third kappa shape index (κ3) is 3.01. The number of halogens is 1. The van der Waals surface area contributed by atoms with E-state index in [2.05, 4.69) is 55.5 Å². The lowest BCUT2D eigenvalue weighted by Gasteiger charge is -2.36. The lowest BCUT2D eigenvalue weighted by molar-refractivity contribution is 0.288. The average Bonchev–Trinajstić information content (AvgIpc) is 2.40. The molecule has 2 aromatic rings. The summed E-state index contributed by atoms with van der Waals surface area (Å²) in [6, 6.07) is 11.1. The van der Waals surface area contributed by atoms with Crippen molar-refractivity contribution in [2.45, 2.75) is 31.3 Å². The molecule has 3 nitrogen and oxygen atoms in total. The highest BCUT2D eigenvalue weighted by Gasteiger charge is 2.30. The maximum atomic E-state index is 4.22. The maximum Gasteiger partial charge on any atom is 0.115 e. The van der Waals surface area contributed by atoms with Crippen LogP contribution in [0.5, 0.6) is 0 Å². The van der Waals surface area contributed by atoms with Gasteiger partial charge in [0.15, 0.2) is 0 Å². The number of rotatable bonds is 4. The van der Waals surface area contributed by atoms with E-state index < -0.39 is 0 Å². The van der Waals surface area contributed by atoms with Crippen LogP contribution in [0.2, 0.25) is 0 Å². The predicted octanol–water partition coefficient (Wildman–Crippen LogP) is 3.27. The van der Waals surface area contributed by atoms with Gasteiger partial charge in [0.05, 0.1) is 5.69 Å². The normalized spacial score (nSPS) is 21.9. The smallest absolute Gasteiger partial charge is 0.115 e. The zero-order valence-corrected chi connectivity index (χ0v) is 12.2. The van der Waals surface area contributed by atoms with E-state index in [0.717, 1.165) is 12.2 Å². The van der Waals surface area contributed by atoms with Crippen LogP contribution in [-0.2, 0) is 6.54 Å². The second-order valence-electron chi connectivity index (χ2n) is 4.97. The minimum Gasteiger partial charge on any atom is -0.308 e. The van der Waals surface area contributed by atoms with E-state index in [1.54, 1.807) is 12.5 Å². The Morgan fingerprint density at radius 1 is 1.21 bits per heavy atom. The molecule has 1 saturated carbocycles. The van der Waals surface area contributed by atoms with Crippen LogP contribution in [0.15, 0.2) is 47.3 Å². The van der Waals surface area contributed by atoms with Gasteiger partial charge in [0, 0.05) is 23.3 Å². The Hall–Kier alpha value is -1.26. The van der Waals surface area contributed by atoms with Crippen molar-refractivity contribution in [3.8, 4) is 0 Å². The lowest BCUT2D eigenvalue weighted by atomic mass is 9.76. The van der Waals surface area contributed by atoms with Gasteiger partial charge < -0.3 is 5.32 Å². The summed E-state index contributed by atoms with van der Waals surface area (Å²) in [5.74, 6) is 0.679. The molecular weight excluding hydrogens is 302 g/mol. The SMILES string of the molecule is Brc1ccccc1C1CC(NCc2ccncn2)C1. The van der Waals surface area contributed by atoms with Gasteiger partial charge in [-0.25, -0.2) is 9.97 Å². The first-order valence-corrected chi connectivity index (χ1v) is 7.35. The summed E-state index contributed by atoms with van der Waals surface area (Å²) in [7, 11) is 0. The highest BCUT2D eigenvalue weighted by molar-refractivity contribution is 9.10. The van der Waals surface area contributed by atoms with E-state index in [-0.39, 0.29) is 0 Å². The van der Waals surface area contributed by atoms with E-state index in [1.165, 1.54) is 22.9 Å². The summed E-state index contributed by atoms with van der Waals surface area (Å²) in [5.41, 5.74) is 2.49. The van der Waals surface area contributed by atoms with Gasteiger partial charge in [0.25, 0.3) is 0 Å². The molecule has 1 aromatic heterocycles. The molecule has 1 N–H and O–H groups in total. The molecule has 19 heavy (non-hydrogen) atoms. The highest BCUT2D eigenvalue weighted by Crippen LogP contribution is 2.39. The average molecular weight is 318 g/mol. The van der Waals surface area contributed by atoms with Crippen molar-refractivity contribution < 1.29 is 0 Å². The molecule has 4 heteroatoms. The Balaban J connectivity index is 1.50. The van der Waals surface area contributed by atoms with Crippen LogP contribution in [0.3, 0.4) is 0 Å². The van der Waals surface area contributed by atoms with E-state index >= 15 is 0 Å². The van der Waals surface area contributed by atoms with Crippen LogP contribution < -0.4 is 5.32 Å². The quantitative estimate of drug-likeness (QED) is 0.940. The minimum atomic E-state index is 0.604. The van der Waals surface area contributed by atoms with Gasteiger partial charge >= 0.3 is 0 Å². The molecular formula is C15H16BrN3. The summed E-state index contributed by atoms with van der Waals surface area (Å²) >= 11 is 3.63. The molecule has 0 unspecified atom stereocenters. The highest BCUT2D eigenvalue weighted by atomic mass is 79.9. The maximum absolute atomic E-state index is 4.22. The molecule has 1 heterocycles. The number of hydrogen-bond acceptors (Lipinski definition) is 3. The second kappa shape index (κ2) is 5.80. The van der Waals surface area contributed by atoms with Gasteiger partial charge in [-0.3, -0.25) is 0 Å². The molecule has 0 amide bonds. The molecule has 0 atom stereocenters. The van der Waals surface area contributed by atoms with Gasteiger partial charge in [0.1, 0.15) is 6.33 Å². The van der Waals surface area contributed by atoms with Crippen molar-refractivity contribution in [3.63, 3.8) is 0 Å². The van der Waals surface area contributed by atoms with Crippen LogP contribution >= 0.6 is 15.9 Å². The molecule has 0 saturated heterocycles. The van der Waals surface area contributed by atoms with Crippen molar-refractivity contribution in [1.82, 2.24) is 15.3 Å². The first-order valence-electron chi connectivity index (χ1n) is 6.55. The second-order valence-corrected chi connectivity index (χ2v) is 5.82. The predicted molar refractivity (Wildman–Crippen MR) is 78.8 cm³/mol. The first-order chi connectivity index (χ1) is 9.33. The van der Waals surface area contributed by atoms with Crippen LogP contribution in [0.25, 0.3) is 0 Å². The van der Waals surface area contributed by atoms with Crippen molar-refractivity contribution in [2.75, 3.05) is 0 Å². The fourth-order valence-corrected chi connectivity index (χ4v) is 3.12. The van der Waals surface area contributed by atoms with Crippen molar-refractivity contribution in [3.05, 3.63) is 58.6 Å². The third-order valence-electron chi connectivity index (χ3n) is 3.70. The third-order valence-corrected chi connectivity index (χ3v) is 4.42. The van der Waals surface area contributed by atoms with E-state index in [0.29, 0.717) is 12.0 Å². The number of nitrogens with one attached hydrogen (secondary N) is 1. The summed E-state index contributed by atoms with van der Waals surface area (Å²) < 4.78 is 1.23. The fraction of sp³-hybridized carbons (Fsp3) is 0.333. The van der Waals surface area contributed by atoms with Crippen LogP contribution in [-0.4, -0.2) is 16.0 Å². The summed E-state index contributed by atoms with van der Waals surface area (Å²) in [6.07, 6.45) is 5.79. The minimum absolute atomic E-state index is 0.604. The molecule has 0 radical (unpaired) electrons. The van der Waals surface area contributed by atoms with Gasteiger partial charge in [-0.1, -0.05) is 34.1 Å².